The highest BCUT2D eigenvalue weighted by Crippen LogP contribution is 2.36. The van der Waals surface area contributed by atoms with Crippen LogP contribution in [0.2, 0.25) is 0 Å². The summed E-state index contributed by atoms with van der Waals surface area (Å²) in [5.74, 6) is -0.826. The summed E-state index contributed by atoms with van der Waals surface area (Å²) in [7, 11) is 0. The van der Waals surface area contributed by atoms with E-state index in [0.29, 0.717) is 12.0 Å². The molecule has 0 aromatic heterocycles. The van der Waals surface area contributed by atoms with Crippen molar-refractivity contribution in [1.29, 1.82) is 0 Å². The zero-order valence-electron chi connectivity index (χ0n) is 10.3. The molecule has 0 saturated heterocycles. The van der Waals surface area contributed by atoms with Crippen molar-refractivity contribution in [3.05, 3.63) is 29.6 Å². The highest BCUT2D eigenvalue weighted by molar-refractivity contribution is 5.27. The first kappa shape index (κ1) is 12.4. The molecule has 1 aromatic rings. The van der Waals surface area contributed by atoms with Crippen molar-refractivity contribution in [1.82, 2.24) is 5.32 Å². The molecule has 2 nitrogen and oxygen atoms in total. The molecule has 2 N–H and O–H groups in total. The van der Waals surface area contributed by atoms with Gasteiger partial charge in [0.05, 0.1) is 0 Å². The predicted molar refractivity (Wildman–Crippen MR) is 66.3 cm³/mol. The third kappa shape index (κ3) is 3.19. The van der Waals surface area contributed by atoms with Crippen LogP contribution in [-0.2, 0) is 6.54 Å². The molecular weight excluding hydrogens is 217 g/mol. The maximum Gasteiger partial charge on any atom is 0.165 e. The number of benzene rings is 1. The van der Waals surface area contributed by atoms with Gasteiger partial charge in [-0.2, -0.15) is 0 Å². The molecule has 17 heavy (non-hydrogen) atoms. The standard InChI is InChI=1S/C14H20FNO/c1-14(6-2-3-7-14)10-16-9-11-4-5-13(17)12(15)8-11/h4-5,8,16-17H,2-3,6-7,9-10H2,1H3. The van der Waals surface area contributed by atoms with Crippen molar-refractivity contribution >= 4 is 0 Å². The lowest BCUT2D eigenvalue weighted by Gasteiger charge is -2.23. The highest BCUT2D eigenvalue weighted by atomic mass is 19.1. The van der Waals surface area contributed by atoms with Crippen molar-refractivity contribution in [2.75, 3.05) is 6.54 Å². The summed E-state index contributed by atoms with van der Waals surface area (Å²) >= 11 is 0. The summed E-state index contributed by atoms with van der Waals surface area (Å²) in [4.78, 5) is 0. The van der Waals surface area contributed by atoms with Crippen LogP contribution >= 0.6 is 0 Å². The number of rotatable bonds is 4. The van der Waals surface area contributed by atoms with E-state index < -0.39 is 5.82 Å². The Kier molecular flexibility index (Phi) is 3.67. The molecule has 1 aliphatic rings. The van der Waals surface area contributed by atoms with Crippen molar-refractivity contribution in [3.8, 4) is 5.75 Å². The molecule has 1 aliphatic carbocycles. The monoisotopic (exact) mass is 237 g/mol. The number of hydrogen-bond acceptors (Lipinski definition) is 2. The van der Waals surface area contributed by atoms with E-state index in [0.717, 1.165) is 12.1 Å². The first-order chi connectivity index (χ1) is 8.09. The lowest BCUT2D eigenvalue weighted by Crippen LogP contribution is -2.29. The minimum atomic E-state index is -0.545. The molecule has 1 saturated carbocycles. The first-order valence-corrected chi connectivity index (χ1v) is 6.27. The lowest BCUT2D eigenvalue weighted by molar-refractivity contribution is 0.314. The number of aromatic hydroxyl groups is 1. The summed E-state index contributed by atoms with van der Waals surface area (Å²) in [6.07, 6.45) is 5.21. The van der Waals surface area contributed by atoms with Crippen LogP contribution in [-0.4, -0.2) is 11.7 Å². The SMILES string of the molecule is CC1(CNCc2ccc(O)c(F)c2)CCCC1. The Morgan fingerprint density at radius 2 is 2.06 bits per heavy atom. The smallest absolute Gasteiger partial charge is 0.165 e. The zero-order chi connectivity index (χ0) is 12.3. The van der Waals surface area contributed by atoms with Crippen LogP contribution in [0.25, 0.3) is 0 Å². The van der Waals surface area contributed by atoms with Gasteiger partial charge in [-0.15, -0.1) is 0 Å². The Labute approximate surface area is 102 Å². The van der Waals surface area contributed by atoms with Crippen LogP contribution in [0, 0.1) is 11.2 Å². The van der Waals surface area contributed by atoms with Crippen LogP contribution < -0.4 is 5.32 Å². The first-order valence-electron chi connectivity index (χ1n) is 6.27. The maximum atomic E-state index is 13.1. The molecule has 1 aromatic carbocycles. The average Bonchev–Trinajstić information content (AvgIpc) is 2.71. The van der Waals surface area contributed by atoms with Crippen LogP contribution in [0.1, 0.15) is 38.2 Å². The Morgan fingerprint density at radius 3 is 2.71 bits per heavy atom. The summed E-state index contributed by atoms with van der Waals surface area (Å²) in [6.45, 7) is 3.95. The second-order valence-electron chi connectivity index (χ2n) is 5.41. The fraction of sp³-hybridized carbons (Fsp3) is 0.571. The molecule has 0 amide bonds. The van der Waals surface area contributed by atoms with Crippen LogP contribution in [0.3, 0.4) is 0 Å². The lowest BCUT2D eigenvalue weighted by atomic mass is 9.89. The van der Waals surface area contributed by atoms with Gasteiger partial charge in [-0.25, -0.2) is 4.39 Å². The van der Waals surface area contributed by atoms with E-state index in [1.54, 1.807) is 6.07 Å². The van der Waals surface area contributed by atoms with Gasteiger partial charge in [-0.1, -0.05) is 25.8 Å². The Hall–Kier alpha value is -1.09. The third-order valence-corrected chi connectivity index (χ3v) is 3.70. The van der Waals surface area contributed by atoms with E-state index in [1.165, 1.54) is 37.8 Å². The molecule has 0 heterocycles. The van der Waals surface area contributed by atoms with Gasteiger partial charge in [-0.3, -0.25) is 0 Å². The van der Waals surface area contributed by atoms with Crippen LogP contribution in [0.4, 0.5) is 4.39 Å². The normalized spacial score (nSPS) is 18.5. The molecule has 0 spiro atoms. The van der Waals surface area contributed by atoms with Gasteiger partial charge in [0.25, 0.3) is 0 Å². The number of phenols is 1. The molecular formula is C14H20FNO. The van der Waals surface area contributed by atoms with E-state index >= 15 is 0 Å². The largest absolute Gasteiger partial charge is 0.505 e. The van der Waals surface area contributed by atoms with Crippen LogP contribution in [0.15, 0.2) is 18.2 Å². The molecule has 0 bridgehead atoms. The molecule has 2 rings (SSSR count). The Balaban J connectivity index is 1.83. The summed E-state index contributed by atoms with van der Waals surface area (Å²) in [5.41, 5.74) is 1.29. The van der Waals surface area contributed by atoms with Gasteiger partial charge in [0.2, 0.25) is 0 Å². The molecule has 0 radical (unpaired) electrons. The fourth-order valence-corrected chi connectivity index (χ4v) is 2.57. The van der Waals surface area contributed by atoms with Gasteiger partial charge in [-0.05, 0) is 36.0 Å². The fourth-order valence-electron chi connectivity index (χ4n) is 2.57. The summed E-state index contributed by atoms with van der Waals surface area (Å²) < 4.78 is 13.1. The summed E-state index contributed by atoms with van der Waals surface area (Å²) in [5, 5.41) is 12.5. The Bertz CT molecular complexity index is 386. The minimum absolute atomic E-state index is 0.281. The third-order valence-electron chi connectivity index (χ3n) is 3.70. The van der Waals surface area contributed by atoms with Crippen molar-refractivity contribution < 1.29 is 9.50 Å². The average molecular weight is 237 g/mol. The van der Waals surface area contributed by atoms with Gasteiger partial charge >= 0.3 is 0 Å². The quantitative estimate of drug-likeness (QED) is 0.842. The number of hydrogen-bond donors (Lipinski definition) is 2. The summed E-state index contributed by atoms with van der Waals surface area (Å²) in [6, 6.07) is 4.55. The van der Waals surface area contributed by atoms with E-state index in [9.17, 15) is 4.39 Å². The second-order valence-corrected chi connectivity index (χ2v) is 5.41. The highest BCUT2D eigenvalue weighted by Gasteiger charge is 2.27. The van der Waals surface area contributed by atoms with Crippen molar-refractivity contribution in [2.45, 2.75) is 39.2 Å². The van der Waals surface area contributed by atoms with E-state index in [2.05, 4.69) is 12.2 Å². The molecule has 3 heteroatoms. The molecule has 0 atom stereocenters. The van der Waals surface area contributed by atoms with Gasteiger partial charge in [0.1, 0.15) is 0 Å². The van der Waals surface area contributed by atoms with E-state index in [-0.39, 0.29) is 5.75 Å². The van der Waals surface area contributed by atoms with E-state index in [1.807, 2.05) is 0 Å². The topological polar surface area (TPSA) is 32.3 Å². The number of halogens is 1. The molecule has 0 unspecified atom stereocenters. The molecule has 1 fully saturated rings. The number of phenolic OH excluding ortho intramolecular Hbond substituents is 1. The second kappa shape index (κ2) is 5.05. The molecule has 94 valence electrons. The minimum Gasteiger partial charge on any atom is -0.505 e. The van der Waals surface area contributed by atoms with Gasteiger partial charge in [0, 0.05) is 13.1 Å². The van der Waals surface area contributed by atoms with Gasteiger partial charge in [0.15, 0.2) is 11.6 Å². The predicted octanol–water partition coefficient (Wildman–Crippen LogP) is 3.20. The van der Waals surface area contributed by atoms with Crippen LogP contribution in [0.5, 0.6) is 5.75 Å². The number of nitrogens with one attached hydrogen (secondary N) is 1. The van der Waals surface area contributed by atoms with E-state index in [4.69, 9.17) is 5.11 Å². The molecule has 0 aliphatic heterocycles. The van der Waals surface area contributed by atoms with Gasteiger partial charge < -0.3 is 10.4 Å². The van der Waals surface area contributed by atoms with Crippen molar-refractivity contribution in [3.63, 3.8) is 0 Å². The van der Waals surface area contributed by atoms with Crippen molar-refractivity contribution in [2.24, 2.45) is 5.41 Å². The Morgan fingerprint density at radius 1 is 1.35 bits per heavy atom. The maximum absolute atomic E-state index is 13.1. The zero-order valence-corrected chi connectivity index (χ0v) is 10.3.